The molecular formula is C17H23N3O3. The first-order valence-electron chi connectivity index (χ1n) is 7.99. The maximum Gasteiger partial charge on any atom is 0.326 e. The van der Waals surface area contributed by atoms with Crippen molar-refractivity contribution in [2.45, 2.75) is 52.5 Å². The van der Waals surface area contributed by atoms with E-state index < -0.39 is 12.0 Å². The molecule has 2 N–H and O–H groups in total. The molecule has 0 saturated heterocycles. The Morgan fingerprint density at radius 2 is 2.13 bits per heavy atom. The topological polar surface area (TPSA) is 83.7 Å². The van der Waals surface area contributed by atoms with E-state index in [2.05, 4.69) is 10.3 Å². The van der Waals surface area contributed by atoms with E-state index in [9.17, 15) is 14.7 Å². The summed E-state index contributed by atoms with van der Waals surface area (Å²) in [4.78, 5) is 28.5. The van der Waals surface area contributed by atoms with Crippen LogP contribution in [0, 0.1) is 6.92 Å². The zero-order chi connectivity index (χ0) is 17.0. The predicted molar refractivity (Wildman–Crippen MR) is 87.7 cm³/mol. The number of carboxylic acid groups (broad SMARTS) is 1. The van der Waals surface area contributed by atoms with E-state index in [4.69, 9.17) is 0 Å². The second kappa shape index (κ2) is 7.26. The molecule has 0 bridgehead atoms. The average Bonchev–Trinajstić information content (AvgIpc) is 2.91. The quantitative estimate of drug-likeness (QED) is 0.822. The van der Waals surface area contributed by atoms with Crippen LogP contribution < -0.4 is 5.32 Å². The van der Waals surface area contributed by atoms with E-state index in [1.165, 1.54) is 0 Å². The van der Waals surface area contributed by atoms with Gasteiger partial charge in [0.2, 0.25) is 0 Å². The number of carbonyl (C=O) groups excluding carboxylic acids is 1. The molecule has 124 valence electrons. The number of carbonyl (C=O) groups is 2. The Labute approximate surface area is 135 Å². The lowest BCUT2D eigenvalue weighted by atomic mass is 10.1. The second-order valence-electron chi connectivity index (χ2n) is 5.65. The molecule has 1 amide bonds. The zero-order valence-corrected chi connectivity index (χ0v) is 13.8. The fourth-order valence-corrected chi connectivity index (χ4v) is 2.63. The molecule has 2 heterocycles. The van der Waals surface area contributed by atoms with Gasteiger partial charge in [-0.25, -0.2) is 9.78 Å². The number of unbranched alkanes of at least 4 members (excludes halogenated alkanes) is 1. The molecule has 6 heteroatoms. The van der Waals surface area contributed by atoms with Crippen LogP contribution in [0.1, 0.15) is 54.9 Å². The SMILES string of the molecule is CCCCC(NC(=O)c1c(CC)nc2c(C)cccn12)C(=O)O. The van der Waals surface area contributed by atoms with Crippen LogP contribution in [-0.4, -0.2) is 32.4 Å². The number of nitrogens with one attached hydrogen (secondary N) is 1. The average molecular weight is 317 g/mol. The summed E-state index contributed by atoms with van der Waals surface area (Å²) in [5, 5.41) is 11.9. The normalized spacial score (nSPS) is 12.3. The fraction of sp³-hybridized carbons (Fsp3) is 0.471. The summed E-state index contributed by atoms with van der Waals surface area (Å²) < 4.78 is 1.74. The molecule has 0 aliphatic carbocycles. The molecule has 0 saturated carbocycles. The van der Waals surface area contributed by atoms with Crippen molar-refractivity contribution in [3.63, 3.8) is 0 Å². The highest BCUT2D eigenvalue weighted by Crippen LogP contribution is 2.17. The number of fused-ring (bicyclic) bond motifs is 1. The summed E-state index contributed by atoms with van der Waals surface area (Å²) in [5.74, 6) is -1.39. The largest absolute Gasteiger partial charge is 0.480 e. The molecule has 0 aromatic carbocycles. The van der Waals surface area contributed by atoms with Crippen molar-refractivity contribution in [2.75, 3.05) is 0 Å². The minimum Gasteiger partial charge on any atom is -0.480 e. The molecule has 1 atom stereocenters. The Morgan fingerprint density at radius 3 is 2.74 bits per heavy atom. The lowest BCUT2D eigenvalue weighted by Crippen LogP contribution is -2.41. The molecule has 0 radical (unpaired) electrons. The molecule has 2 rings (SSSR count). The molecule has 2 aromatic heterocycles. The van der Waals surface area contributed by atoms with Crippen molar-refractivity contribution >= 4 is 17.5 Å². The molecule has 6 nitrogen and oxygen atoms in total. The van der Waals surface area contributed by atoms with E-state index in [1.54, 1.807) is 10.6 Å². The van der Waals surface area contributed by atoms with Crippen LogP contribution in [0.25, 0.3) is 5.65 Å². The summed E-state index contributed by atoms with van der Waals surface area (Å²) in [7, 11) is 0. The van der Waals surface area contributed by atoms with Crippen molar-refractivity contribution < 1.29 is 14.7 Å². The summed E-state index contributed by atoms with van der Waals surface area (Å²) in [5.41, 5.74) is 2.81. The monoisotopic (exact) mass is 317 g/mol. The molecule has 0 aliphatic heterocycles. The minimum atomic E-state index is -1.00. The van der Waals surface area contributed by atoms with Crippen LogP contribution >= 0.6 is 0 Å². The summed E-state index contributed by atoms with van der Waals surface area (Å²) in [6, 6.07) is 2.92. The van der Waals surface area contributed by atoms with E-state index in [0.29, 0.717) is 24.2 Å². The molecule has 2 aromatic rings. The lowest BCUT2D eigenvalue weighted by molar-refractivity contribution is -0.139. The van der Waals surface area contributed by atoms with Crippen LogP contribution in [0.3, 0.4) is 0 Å². The molecule has 0 spiro atoms. The smallest absolute Gasteiger partial charge is 0.326 e. The first-order valence-corrected chi connectivity index (χ1v) is 7.99. The van der Waals surface area contributed by atoms with Crippen LogP contribution in [-0.2, 0) is 11.2 Å². The summed E-state index contributed by atoms with van der Waals surface area (Å²) >= 11 is 0. The molecule has 23 heavy (non-hydrogen) atoms. The Balaban J connectivity index is 2.36. The molecule has 0 aliphatic rings. The minimum absolute atomic E-state index is 0.386. The van der Waals surface area contributed by atoms with Gasteiger partial charge in [0, 0.05) is 6.20 Å². The van der Waals surface area contributed by atoms with Gasteiger partial charge in [0.15, 0.2) is 0 Å². The Kier molecular flexibility index (Phi) is 5.36. The number of aromatic nitrogens is 2. The molecular weight excluding hydrogens is 294 g/mol. The van der Waals surface area contributed by atoms with E-state index in [0.717, 1.165) is 24.1 Å². The summed E-state index contributed by atoms with van der Waals surface area (Å²) in [6.45, 7) is 5.85. The van der Waals surface area contributed by atoms with Gasteiger partial charge >= 0.3 is 5.97 Å². The van der Waals surface area contributed by atoms with Gasteiger partial charge in [0.25, 0.3) is 5.91 Å². The highest BCUT2D eigenvalue weighted by molar-refractivity contribution is 5.97. The van der Waals surface area contributed by atoms with Gasteiger partial charge in [0.05, 0.1) is 5.69 Å². The fourth-order valence-electron chi connectivity index (χ4n) is 2.63. The Hall–Kier alpha value is -2.37. The standard InChI is InChI=1S/C17H23N3O3/c1-4-6-9-13(17(22)23)19-16(21)14-12(5-2)18-15-11(3)8-7-10-20(14)15/h7-8,10,13H,4-6,9H2,1-3H3,(H,19,21)(H,22,23). The highest BCUT2D eigenvalue weighted by atomic mass is 16.4. The van der Waals surface area contributed by atoms with Gasteiger partial charge in [-0.1, -0.05) is 32.8 Å². The van der Waals surface area contributed by atoms with E-state index in [-0.39, 0.29) is 5.91 Å². The maximum absolute atomic E-state index is 12.7. The third-order valence-corrected chi connectivity index (χ3v) is 3.92. The van der Waals surface area contributed by atoms with Gasteiger partial charge in [-0.05, 0) is 31.4 Å². The number of hydrogen-bond donors (Lipinski definition) is 2. The van der Waals surface area contributed by atoms with E-state index >= 15 is 0 Å². The lowest BCUT2D eigenvalue weighted by Gasteiger charge is -2.14. The van der Waals surface area contributed by atoms with Crippen LogP contribution in [0.15, 0.2) is 18.3 Å². The first kappa shape index (κ1) is 17.0. The first-order chi connectivity index (χ1) is 11.0. The number of amides is 1. The zero-order valence-electron chi connectivity index (χ0n) is 13.8. The van der Waals surface area contributed by atoms with Gasteiger partial charge < -0.3 is 10.4 Å². The third-order valence-electron chi connectivity index (χ3n) is 3.92. The van der Waals surface area contributed by atoms with E-state index in [1.807, 2.05) is 32.9 Å². The predicted octanol–water partition coefficient (Wildman–Crippen LogP) is 2.58. The summed E-state index contributed by atoms with van der Waals surface area (Å²) in [6.07, 6.45) is 4.45. The molecule has 0 fully saturated rings. The Bertz CT molecular complexity index is 721. The van der Waals surface area contributed by atoms with Gasteiger partial charge in [-0.15, -0.1) is 0 Å². The van der Waals surface area contributed by atoms with Gasteiger partial charge in [-0.2, -0.15) is 0 Å². The maximum atomic E-state index is 12.7. The van der Waals surface area contributed by atoms with Gasteiger partial charge in [-0.3, -0.25) is 9.20 Å². The van der Waals surface area contributed by atoms with Crippen LogP contribution in [0.5, 0.6) is 0 Å². The number of aliphatic carboxylic acids is 1. The van der Waals surface area contributed by atoms with Crippen molar-refractivity contribution in [1.82, 2.24) is 14.7 Å². The number of carboxylic acids is 1. The van der Waals surface area contributed by atoms with Crippen molar-refractivity contribution in [3.05, 3.63) is 35.3 Å². The van der Waals surface area contributed by atoms with Gasteiger partial charge in [0.1, 0.15) is 17.4 Å². The number of imidazole rings is 1. The van der Waals surface area contributed by atoms with Crippen molar-refractivity contribution in [1.29, 1.82) is 0 Å². The number of pyridine rings is 1. The number of hydrogen-bond acceptors (Lipinski definition) is 3. The van der Waals surface area contributed by atoms with Crippen LogP contribution in [0.2, 0.25) is 0 Å². The van der Waals surface area contributed by atoms with Crippen molar-refractivity contribution in [2.24, 2.45) is 0 Å². The number of nitrogens with zero attached hydrogens (tertiary/aromatic N) is 2. The number of rotatable bonds is 7. The second-order valence-corrected chi connectivity index (χ2v) is 5.65. The highest BCUT2D eigenvalue weighted by Gasteiger charge is 2.24. The molecule has 1 unspecified atom stereocenters. The third kappa shape index (κ3) is 3.52. The van der Waals surface area contributed by atoms with Crippen LogP contribution in [0.4, 0.5) is 0 Å². The number of aryl methyl sites for hydroxylation is 2. The Morgan fingerprint density at radius 1 is 1.39 bits per heavy atom. The van der Waals surface area contributed by atoms with Crippen molar-refractivity contribution in [3.8, 4) is 0 Å².